The van der Waals surface area contributed by atoms with E-state index >= 15 is 0 Å². The first-order valence-corrected chi connectivity index (χ1v) is 6.77. The second-order valence-corrected chi connectivity index (χ2v) is 4.88. The molecule has 22 heavy (non-hydrogen) atoms. The van der Waals surface area contributed by atoms with Crippen LogP contribution in [0.15, 0.2) is 59.0 Å². The molecule has 2 aromatic carbocycles. The van der Waals surface area contributed by atoms with Gasteiger partial charge in [0.2, 0.25) is 5.55 Å². The number of rotatable bonds is 3. The Balaban J connectivity index is 1.86. The van der Waals surface area contributed by atoms with Crippen molar-refractivity contribution in [2.45, 2.75) is 6.54 Å². The van der Waals surface area contributed by atoms with Gasteiger partial charge in [0.05, 0.1) is 0 Å². The van der Waals surface area contributed by atoms with Crippen LogP contribution in [-0.4, -0.2) is 11.0 Å². The molecule has 0 unspecified atom stereocenters. The highest BCUT2D eigenvalue weighted by Gasteiger charge is 2.11. The Hall–Kier alpha value is -3.08. The van der Waals surface area contributed by atoms with Crippen molar-refractivity contribution in [1.82, 2.24) is 5.32 Å². The minimum absolute atomic E-state index is 0.0527. The Morgan fingerprint density at radius 2 is 1.91 bits per heavy atom. The second-order valence-electron chi connectivity index (χ2n) is 4.88. The van der Waals surface area contributed by atoms with Crippen LogP contribution < -0.4 is 10.9 Å². The zero-order chi connectivity index (χ0) is 15.5. The van der Waals surface area contributed by atoms with Gasteiger partial charge in [-0.15, -0.1) is 0 Å². The fourth-order valence-corrected chi connectivity index (χ4v) is 2.16. The number of nitrogens with one attached hydrogen (secondary N) is 2. The summed E-state index contributed by atoms with van der Waals surface area (Å²) in [5, 5.41) is 20.7. The molecule has 0 spiro atoms. The van der Waals surface area contributed by atoms with E-state index in [0.29, 0.717) is 17.5 Å². The van der Waals surface area contributed by atoms with Crippen molar-refractivity contribution in [3.8, 4) is 5.75 Å². The van der Waals surface area contributed by atoms with E-state index in [9.17, 15) is 9.90 Å². The van der Waals surface area contributed by atoms with Gasteiger partial charge in [0, 0.05) is 18.0 Å². The highest BCUT2D eigenvalue weighted by Crippen LogP contribution is 2.19. The van der Waals surface area contributed by atoms with E-state index in [0.717, 1.165) is 5.56 Å². The first kappa shape index (κ1) is 13.9. The predicted molar refractivity (Wildman–Crippen MR) is 81.3 cm³/mol. The molecule has 1 aromatic heterocycles. The van der Waals surface area contributed by atoms with Gasteiger partial charge in [-0.1, -0.05) is 30.3 Å². The lowest BCUT2D eigenvalue weighted by molar-refractivity contribution is 0.0946. The maximum absolute atomic E-state index is 12.2. The van der Waals surface area contributed by atoms with E-state index in [1.807, 2.05) is 30.3 Å². The summed E-state index contributed by atoms with van der Waals surface area (Å²) in [6, 6.07) is 15.7. The van der Waals surface area contributed by atoms with E-state index in [1.165, 1.54) is 12.1 Å². The molecule has 1 amide bonds. The average Bonchev–Trinajstić information content (AvgIpc) is 2.53. The monoisotopic (exact) mass is 294 g/mol. The molecule has 1 heterocycles. The smallest absolute Gasteiger partial charge is 0.257 e. The quantitative estimate of drug-likeness (QED) is 0.694. The molecule has 0 aliphatic heterocycles. The van der Waals surface area contributed by atoms with Crippen LogP contribution in [0, 0.1) is 5.41 Å². The number of phenolic OH excluding ortho intramolecular Hbond substituents is 1. The fraction of sp³-hybridized carbons (Fsp3) is 0.0588. The average molecular weight is 294 g/mol. The number of carbonyl (C=O) groups is 1. The molecule has 0 aliphatic rings. The van der Waals surface area contributed by atoms with Crippen LogP contribution in [0.25, 0.3) is 11.0 Å². The molecule has 3 N–H and O–H groups in total. The first-order valence-electron chi connectivity index (χ1n) is 6.77. The van der Waals surface area contributed by atoms with E-state index in [-0.39, 0.29) is 22.8 Å². The van der Waals surface area contributed by atoms with Gasteiger partial charge in [-0.3, -0.25) is 10.2 Å². The van der Waals surface area contributed by atoms with Crippen LogP contribution in [0.1, 0.15) is 15.9 Å². The van der Waals surface area contributed by atoms with Gasteiger partial charge in [0.1, 0.15) is 16.9 Å². The molecule has 110 valence electrons. The zero-order valence-electron chi connectivity index (χ0n) is 11.7. The normalized spacial score (nSPS) is 10.5. The summed E-state index contributed by atoms with van der Waals surface area (Å²) in [5.41, 5.74) is 1.27. The number of amides is 1. The third kappa shape index (κ3) is 2.83. The van der Waals surface area contributed by atoms with Crippen molar-refractivity contribution in [2.24, 2.45) is 0 Å². The third-order valence-electron chi connectivity index (χ3n) is 3.29. The minimum atomic E-state index is -0.368. The molecular formula is C17H14N2O3. The molecule has 0 atom stereocenters. The van der Waals surface area contributed by atoms with Gasteiger partial charge in [-0.25, -0.2) is 0 Å². The van der Waals surface area contributed by atoms with Crippen LogP contribution in [0.4, 0.5) is 0 Å². The molecule has 3 aromatic rings. The predicted octanol–water partition coefficient (Wildman–Crippen LogP) is 2.55. The molecule has 5 heteroatoms. The zero-order valence-corrected chi connectivity index (χ0v) is 11.7. The van der Waals surface area contributed by atoms with E-state index in [2.05, 4.69) is 5.32 Å². The van der Waals surface area contributed by atoms with Gasteiger partial charge in [0.25, 0.3) is 5.91 Å². The molecule has 0 saturated carbocycles. The summed E-state index contributed by atoms with van der Waals surface area (Å²) >= 11 is 0. The summed E-state index contributed by atoms with van der Waals surface area (Å²) in [7, 11) is 0. The molecule has 0 saturated heterocycles. The van der Waals surface area contributed by atoms with Gasteiger partial charge >= 0.3 is 0 Å². The Morgan fingerprint density at radius 1 is 1.14 bits per heavy atom. The molecule has 0 bridgehead atoms. The summed E-state index contributed by atoms with van der Waals surface area (Å²) in [6.45, 7) is 0.382. The lowest BCUT2D eigenvalue weighted by Gasteiger charge is -2.06. The summed E-state index contributed by atoms with van der Waals surface area (Å²) < 4.78 is 5.29. The number of fused-ring (bicyclic) bond motifs is 1. The topological polar surface area (TPSA) is 86.3 Å². The molecule has 5 nitrogen and oxygen atoms in total. The van der Waals surface area contributed by atoms with Gasteiger partial charge in [-0.2, -0.15) is 0 Å². The van der Waals surface area contributed by atoms with Crippen molar-refractivity contribution in [1.29, 1.82) is 5.41 Å². The highest BCUT2D eigenvalue weighted by atomic mass is 16.3. The van der Waals surface area contributed by atoms with Crippen LogP contribution in [0.5, 0.6) is 5.75 Å². The first-order chi connectivity index (χ1) is 10.6. The fourth-order valence-electron chi connectivity index (χ4n) is 2.16. The lowest BCUT2D eigenvalue weighted by Crippen LogP contribution is -2.27. The molecule has 3 rings (SSSR count). The van der Waals surface area contributed by atoms with Gasteiger partial charge in [0.15, 0.2) is 0 Å². The lowest BCUT2D eigenvalue weighted by atomic mass is 10.1. The summed E-state index contributed by atoms with van der Waals surface area (Å²) in [6.07, 6.45) is 0. The number of hydrogen-bond acceptors (Lipinski definition) is 4. The van der Waals surface area contributed by atoms with Crippen LogP contribution in [-0.2, 0) is 6.54 Å². The van der Waals surface area contributed by atoms with Gasteiger partial charge in [-0.05, 0) is 23.8 Å². The third-order valence-corrected chi connectivity index (χ3v) is 3.29. The standard InChI is InChI=1S/C17H14N2O3/c18-16-14(8-12-6-7-13(20)9-15(12)22-16)17(21)19-10-11-4-2-1-3-5-11/h1-9,18,20H,10H2,(H,19,21). The number of aromatic hydroxyl groups is 1. The number of carbonyl (C=O) groups excluding carboxylic acids is 1. The Kier molecular flexibility index (Phi) is 3.62. The molecule has 0 aliphatic carbocycles. The Bertz CT molecular complexity index is 885. The molecule has 0 fully saturated rings. The number of benzene rings is 2. The maximum atomic E-state index is 12.2. The molecular weight excluding hydrogens is 280 g/mol. The Morgan fingerprint density at radius 3 is 2.68 bits per heavy atom. The van der Waals surface area contributed by atoms with Crippen molar-refractivity contribution in [3.05, 3.63) is 71.3 Å². The van der Waals surface area contributed by atoms with Crippen LogP contribution in [0.2, 0.25) is 0 Å². The Labute approximate surface area is 126 Å². The van der Waals surface area contributed by atoms with Crippen LogP contribution in [0.3, 0.4) is 0 Å². The van der Waals surface area contributed by atoms with Crippen molar-refractivity contribution in [2.75, 3.05) is 0 Å². The number of hydrogen-bond donors (Lipinski definition) is 3. The largest absolute Gasteiger partial charge is 0.508 e. The van der Waals surface area contributed by atoms with E-state index < -0.39 is 0 Å². The second kappa shape index (κ2) is 5.73. The van der Waals surface area contributed by atoms with Crippen molar-refractivity contribution >= 4 is 16.9 Å². The van der Waals surface area contributed by atoms with Crippen molar-refractivity contribution < 1.29 is 14.3 Å². The van der Waals surface area contributed by atoms with E-state index in [1.54, 1.807) is 12.1 Å². The number of phenols is 1. The van der Waals surface area contributed by atoms with Gasteiger partial charge < -0.3 is 14.8 Å². The van der Waals surface area contributed by atoms with Crippen LogP contribution >= 0.6 is 0 Å². The van der Waals surface area contributed by atoms with Crippen molar-refractivity contribution in [3.63, 3.8) is 0 Å². The van der Waals surface area contributed by atoms with E-state index in [4.69, 9.17) is 9.83 Å². The summed E-state index contributed by atoms with van der Waals surface area (Å²) in [5.74, 6) is -0.315. The highest BCUT2D eigenvalue weighted by molar-refractivity contribution is 5.96. The minimum Gasteiger partial charge on any atom is -0.508 e. The summed E-state index contributed by atoms with van der Waals surface area (Å²) in [4.78, 5) is 12.2. The SMILES string of the molecule is N=c1oc2cc(O)ccc2cc1C(=O)NCc1ccccc1. The molecule has 0 radical (unpaired) electrons. The maximum Gasteiger partial charge on any atom is 0.257 e.